The molecule has 0 radical (unpaired) electrons. The lowest BCUT2D eigenvalue weighted by molar-refractivity contribution is -0.731. The summed E-state index contributed by atoms with van der Waals surface area (Å²) in [6, 6.07) is 3.59. The molecule has 0 unspecified atom stereocenters. The number of ether oxygens (including phenoxy) is 1. The summed E-state index contributed by atoms with van der Waals surface area (Å²) in [5.74, 6) is 0.714. The number of benzene rings is 1. The Kier molecular flexibility index (Phi) is 4.48. The number of rotatable bonds is 3. The third-order valence-corrected chi connectivity index (χ3v) is 2.72. The van der Waals surface area contributed by atoms with Crippen LogP contribution < -0.4 is 10.1 Å². The molecule has 4 heteroatoms. The summed E-state index contributed by atoms with van der Waals surface area (Å²) in [5.41, 5.74) is 1.19. The van der Waals surface area contributed by atoms with Crippen molar-refractivity contribution in [1.82, 2.24) is 0 Å². The quantitative estimate of drug-likeness (QED) is 0.891. The molecule has 0 atom stereocenters. The Morgan fingerprint density at radius 1 is 1.25 bits per heavy atom. The molecule has 0 spiro atoms. The van der Waals surface area contributed by atoms with Crippen molar-refractivity contribution in [2.75, 3.05) is 7.11 Å². The molecular formula is C12H18Cl2NO+. The molecule has 1 aromatic rings. The molecule has 0 amide bonds. The summed E-state index contributed by atoms with van der Waals surface area (Å²) in [7, 11) is 1.62. The van der Waals surface area contributed by atoms with Crippen LogP contribution in [0.3, 0.4) is 0 Å². The molecule has 0 bridgehead atoms. The van der Waals surface area contributed by atoms with Crippen molar-refractivity contribution >= 4 is 23.2 Å². The van der Waals surface area contributed by atoms with Crippen LogP contribution >= 0.6 is 23.2 Å². The molecule has 16 heavy (non-hydrogen) atoms. The molecule has 2 N–H and O–H groups in total. The highest BCUT2D eigenvalue weighted by Gasteiger charge is 2.16. The van der Waals surface area contributed by atoms with Gasteiger partial charge in [0.2, 0.25) is 0 Å². The number of methoxy groups -OCH3 is 1. The topological polar surface area (TPSA) is 25.8 Å². The Balaban J connectivity index is 2.94. The van der Waals surface area contributed by atoms with Crippen LogP contribution in [0.1, 0.15) is 26.3 Å². The average molecular weight is 263 g/mol. The molecule has 0 fully saturated rings. The molecule has 0 aliphatic heterocycles. The first-order valence-electron chi connectivity index (χ1n) is 5.20. The molecule has 0 aliphatic rings. The Labute approximate surface area is 107 Å². The lowest BCUT2D eigenvalue weighted by Gasteiger charge is -2.18. The van der Waals surface area contributed by atoms with Crippen LogP contribution in [0.15, 0.2) is 12.1 Å². The van der Waals surface area contributed by atoms with E-state index in [0.29, 0.717) is 15.8 Å². The Morgan fingerprint density at radius 3 is 2.38 bits per heavy atom. The van der Waals surface area contributed by atoms with Gasteiger partial charge >= 0.3 is 0 Å². The van der Waals surface area contributed by atoms with Gasteiger partial charge in [-0.25, -0.2) is 0 Å². The van der Waals surface area contributed by atoms with Gasteiger partial charge in [0.15, 0.2) is 0 Å². The standard InChI is InChI=1S/C12H17Cl2NO/c1-12(2,3)15-7-8-5-9(13)6-10(14)11(8)16-4/h5-6,15H,7H2,1-4H3/p+1. The first-order chi connectivity index (χ1) is 7.33. The molecule has 0 aliphatic carbocycles. The monoisotopic (exact) mass is 262 g/mol. The normalized spacial score (nSPS) is 11.6. The number of halogens is 2. The van der Waals surface area contributed by atoms with E-state index in [1.165, 1.54) is 0 Å². The fraction of sp³-hybridized carbons (Fsp3) is 0.500. The minimum atomic E-state index is 0.166. The number of nitrogens with two attached hydrogens (primary N) is 1. The molecular weight excluding hydrogens is 245 g/mol. The number of hydrogen-bond acceptors (Lipinski definition) is 1. The summed E-state index contributed by atoms with van der Waals surface area (Å²) in [4.78, 5) is 0. The van der Waals surface area contributed by atoms with Gasteiger partial charge < -0.3 is 10.1 Å². The summed E-state index contributed by atoms with van der Waals surface area (Å²) in [5, 5.41) is 3.42. The fourth-order valence-corrected chi connectivity index (χ4v) is 2.02. The van der Waals surface area contributed by atoms with Crippen molar-refractivity contribution in [1.29, 1.82) is 0 Å². The van der Waals surface area contributed by atoms with E-state index in [-0.39, 0.29) is 5.54 Å². The van der Waals surface area contributed by atoms with Crippen molar-refractivity contribution < 1.29 is 10.1 Å². The van der Waals surface area contributed by atoms with Gasteiger partial charge in [-0.3, -0.25) is 0 Å². The van der Waals surface area contributed by atoms with Crippen LogP contribution in [-0.2, 0) is 6.54 Å². The zero-order valence-electron chi connectivity index (χ0n) is 10.1. The predicted molar refractivity (Wildman–Crippen MR) is 68.4 cm³/mol. The molecule has 0 saturated heterocycles. The van der Waals surface area contributed by atoms with Crippen LogP contribution in [0.2, 0.25) is 10.0 Å². The first kappa shape index (κ1) is 13.6. The van der Waals surface area contributed by atoms with Gasteiger partial charge in [-0.15, -0.1) is 0 Å². The lowest BCUT2D eigenvalue weighted by Crippen LogP contribution is -2.92. The third kappa shape index (κ3) is 3.85. The summed E-state index contributed by atoms with van der Waals surface area (Å²) in [6.45, 7) is 7.27. The van der Waals surface area contributed by atoms with Crippen molar-refractivity contribution in [2.45, 2.75) is 32.9 Å². The molecule has 0 saturated carbocycles. The van der Waals surface area contributed by atoms with Crippen LogP contribution in [0.25, 0.3) is 0 Å². The smallest absolute Gasteiger partial charge is 0.146 e. The SMILES string of the molecule is COc1c(Cl)cc(Cl)cc1C[NH2+]C(C)(C)C. The Morgan fingerprint density at radius 2 is 1.88 bits per heavy atom. The van der Waals surface area contributed by atoms with E-state index in [1.807, 2.05) is 6.07 Å². The van der Waals surface area contributed by atoms with Crippen molar-refractivity contribution in [3.63, 3.8) is 0 Å². The largest absolute Gasteiger partial charge is 0.495 e. The van der Waals surface area contributed by atoms with Crippen molar-refractivity contribution in [2.24, 2.45) is 0 Å². The van der Waals surface area contributed by atoms with Crippen LogP contribution in [0.4, 0.5) is 0 Å². The zero-order chi connectivity index (χ0) is 12.3. The number of hydrogen-bond donors (Lipinski definition) is 1. The van der Waals surface area contributed by atoms with Gasteiger partial charge in [-0.1, -0.05) is 23.2 Å². The lowest BCUT2D eigenvalue weighted by atomic mass is 10.1. The van der Waals surface area contributed by atoms with Crippen molar-refractivity contribution in [3.05, 3.63) is 27.7 Å². The van der Waals surface area contributed by atoms with Gasteiger partial charge in [0.1, 0.15) is 12.3 Å². The predicted octanol–water partition coefficient (Wildman–Crippen LogP) is 2.86. The van der Waals surface area contributed by atoms with Crippen molar-refractivity contribution in [3.8, 4) is 5.75 Å². The minimum Gasteiger partial charge on any atom is -0.495 e. The van der Waals surface area contributed by atoms with Crippen LogP contribution in [0.5, 0.6) is 5.75 Å². The second kappa shape index (κ2) is 5.26. The maximum atomic E-state index is 6.06. The van der Waals surface area contributed by atoms with Gasteiger partial charge in [-0.2, -0.15) is 0 Å². The Bertz CT molecular complexity index is 372. The first-order valence-corrected chi connectivity index (χ1v) is 5.95. The zero-order valence-corrected chi connectivity index (χ0v) is 11.6. The maximum absolute atomic E-state index is 6.06. The second-order valence-electron chi connectivity index (χ2n) is 4.85. The summed E-state index contributed by atoms with van der Waals surface area (Å²) in [6.07, 6.45) is 0. The van der Waals surface area contributed by atoms with Gasteiger partial charge in [0.05, 0.1) is 23.2 Å². The molecule has 0 heterocycles. The molecule has 1 aromatic carbocycles. The van der Waals surface area contributed by atoms with E-state index < -0.39 is 0 Å². The van der Waals surface area contributed by atoms with Gasteiger partial charge in [0, 0.05) is 5.02 Å². The van der Waals surface area contributed by atoms with E-state index in [1.54, 1.807) is 13.2 Å². The van der Waals surface area contributed by atoms with E-state index in [9.17, 15) is 0 Å². The minimum absolute atomic E-state index is 0.166. The summed E-state index contributed by atoms with van der Waals surface area (Å²) >= 11 is 12.0. The molecule has 1 rings (SSSR count). The van der Waals surface area contributed by atoms with E-state index in [2.05, 4.69) is 26.1 Å². The summed E-state index contributed by atoms with van der Waals surface area (Å²) < 4.78 is 5.29. The highest BCUT2D eigenvalue weighted by molar-refractivity contribution is 6.35. The van der Waals surface area contributed by atoms with Gasteiger partial charge in [-0.05, 0) is 32.9 Å². The fourth-order valence-electron chi connectivity index (χ4n) is 1.41. The highest BCUT2D eigenvalue weighted by Crippen LogP contribution is 2.31. The van der Waals surface area contributed by atoms with Crippen LogP contribution in [-0.4, -0.2) is 12.6 Å². The third-order valence-electron chi connectivity index (χ3n) is 2.22. The molecule has 90 valence electrons. The molecule has 2 nitrogen and oxygen atoms in total. The maximum Gasteiger partial charge on any atom is 0.146 e. The van der Waals surface area contributed by atoms with E-state index in [4.69, 9.17) is 27.9 Å². The Hall–Kier alpha value is -0.440. The van der Waals surface area contributed by atoms with E-state index in [0.717, 1.165) is 12.1 Å². The molecule has 0 aromatic heterocycles. The second-order valence-corrected chi connectivity index (χ2v) is 5.70. The van der Waals surface area contributed by atoms with Gasteiger partial charge in [0.25, 0.3) is 0 Å². The average Bonchev–Trinajstić information content (AvgIpc) is 2.12. The highest BCUT2D eigenvalue weighted by atomic mass is 35.5. The van der Waals surface area contributed by atoms with Crippen LogP contribution in [0, 0.1) is 0 Å². The number of quaternary nitrogens is 1. The van der Waals surface area contributed by atoms with E-state index >= 15 is 0 Å².